The second-order valence-corrected chi connectivity index (χ2v) is 6.28. The molecular formula is C17H32N4O2. The minimum absolute atomic E-state index is 0.0424. The number of aromatic nitrogens is 2. The molecule has 23 heavy (non-hydrogen) atoms. The summed E-state index contributed by atoms with van der Waals surface area (Å²) < 4.78 is 2.42. The lowest BCUT2D eigenvalue weighted by molar-refractivity contribution is 0.521. The van der Waals surface area contributed by atoms with Crippen LogP contribution in [0.15, 0.2) is 9.59 Å². The van der Waals surface area contributed by atoms with Gasteiger partial charge in [-0.1, -0.05) is 64.7 Å². The van der Waals surface area contributed by atoms with E-state index in [2.05, 4.69) is 6.92 Å². The van der Waals surface area contributed by atoms with E-state index in [1.165, 1.54) is 63.0 Å². The van der Waals surface area contributed by atoms with E-state index in [4.69, 9.17) is 11.5 Å². The van der Waals surface area contributed by atoms with Crippen molar-refractivity contribution >= 4 is 11.5 Å². The van der Waals surface area contributed by atoms with Crippen molar-refractivity contribution in [3.05, 3.63) is 20.8 Å². The Hall–Kier alpha value is -1.72. The third-order valence-electron chi connectivity index (χ3n) is 4.35. The molecule has 6 nitrogen and oxygen atoms in total. The van der Waals surface area contributed by atoms with Crippen LogP contribution in [0.5, 0.6) is 0 Å². The zero-order valence-electron chi connectivity index (χ0n) is 14.6. The molecular weight excluding hydrogens is 292 g/mol. The molecule has 0 atom stereocenters. The third kappa shape index (κ3) is 5.77. The summed E-state index contributed by atoms with van der Waals surface area (Å²) in [5.41, 5.74) is 10.5. The molecule has 0 radical (unpaired) electrons. The van der Waals surface area contributed by atoms with Crippen LogP contribution in [0, 0.1) is 0 Å². The van der Waals surface area contributed by atoms with Crippen molar-refractivity contribution in [2.45, 2.75) is 77.7 Å². The average Bonchev–Trinajstić information content (AvgIpc) is 2.55. The van der Waals surface area contributed by atoms with Crippen LogP contribution in [0.3, 0.4) is 0 Å². The molecule has 0 aliphatic heterocycles. The maximum Gasteiger partial charge on any atom is 0.332 e. The number of anilines is 2. The van der Waals surface area contributed by atoms with Crippen molar-refractivity contribution in [3.8, 4) is 0 Å². The topological polar surface area (TPSA) is 96.0 Å². The number of nitrogens with zero attached hydrogens (tertiary/aromatic N) is 2. The van der Waals surface area contributed by atoms with E-state index in [1.807, 2.05) is 0 Å². The molecule has 0 bridgehead atoms. The quantitative estimate of drug-likeness (QED) is 0.612. The fraction of sp³-hybridized carbons (Fsp3) is 0.765. The largest absolute Gasteiger partial charge is 0.391 e. The van der Waals surface area contributed by atoms with Gasteiger partial charge in [-0.05, 0) is 6.42 Å². The molecule has 0 spiro atoms. The summed E-state index contributed by atoms with van der Waals surface area (Å²) in [6.07, 6.45) is 12.3. The molecule has 1 rings (SSSR count). The van der Waals surface area contributed by atoms with Crippen LogP contribution >= 0.6 is 0 Å². The summed E-state index contributed by atoms with van der Waals surface area (Å²) in [6.45, 7) is 2.75. The van der Waals surface area contributed by atoms with Crippen molar-refractivity contribution in [2.75, 3.05) is 11.5 Å². The second kappa shape index (κ2) is 10.1. The molecule has 0 amide bonds. The highest BCUT2D eigenvalue weighted by molar-refractivity contribution is 5.56. The van der Waals surface area contributed by atoms with Gasteiger partial charge in [0.2, 0.25) is 0 Å². The number of rotatable bonds is 11. The first kappa shape index (κ1) is 19.3. The van der Waals surface area contributed by atoms with Crippen LogP contribution in [0.4, 0.5) is 11.5 Å². The van der Waals surface area contributed by atoms with E-state index < -0.39 is 11.2 Å². The van der Waals surface area contributed by atoms with Gasteiger partial charge in [-0.15, -0.1) is 0 Å². The van der Waals surface area contributed by atoms with Crippen molar-refractivity contribution in [2.24, 2.45) is 7.05 Å². The Morgan fingerprint density at radius 1 is 0.826 bits per heavy atom. The minimum atomic E-state index is -0.521. The number of hydrogen-bond acceptors (Lipinski definition) is 4. The van der Waals surface area contributed by atoms with Crippen molar-refractivity contribution in [1.82, 2.24) is 9.13 Å². The van der Waals surface area contributed by atoms with Crippen molar-refractivity contribution in [1.29, 1.82) is 0 Å². The zero-order valence-corrected chi connectivity index (χ0v) is 14.6. The second-order valence-electron chi connectivity index (χ2n) is 6.28. The highest BCUT2D eigenvalue weighted by Crippen LogP contribution is 2.12. The Bertz CT molecular complexity index is 589. The standard InChI is InChI=1S/C17H32N4O2/c1-3-4-5-6-7-8-9-10-11-12-13-21-15(19)14(18)16(22)20(2)17(21)23/h3-13,18-19H2,1-2H3. The SMILES string of the molecule is CCCCCCCCCCCCn1c(N)c(N)c(=O)n(C)c1=O. The average molecular weight is 324 g/mol. The van der Waals surface area contributed by atoms with E-state index in [1.54, 1.807) is 0 Å². The van der Waals surface area contributed by atoms with Gasteiger partial charge in [0.05, 0.1) is 0 Å². The molecule has 0 aliphatic rings. The van der Waals surface area contributed by atoms with Gasteiger partial charge >= 0.3 is 5.69 Å². The van der Waals surface area contributed by atoms with Crippen LogP contribution in [-0.2, 0) is 13.6 Å². The molecule has 132 valence electrons. The molecule has 0 saturated carbocycles. The fourth-order valence-electron chi connectivity index (χ4n) is 2.78. The predicted molar refractivity (Wildman–Crippen MR) is 96.6 cm³/mol. The molecule has 0 unspecified atom stereocenters. The van der Waals surface area contributed by atoms with Crippen LogP contribution in [0.1, 0.15) is 71.1 Å². The highest BCUT2D eigenvalue weighted by Gasteiger charge is 2.11. The molecule has 0 aromatic carbocycles. The van der Waals surface area contributed by atoms with Gasteiger partial charge in [-0.3, -0.25) is 13.9 Å². The van der Waals surface area contributed by atoms with E-state index >= 15 is 0 Å². The van der Waals surface area contributed by atoms with Gasteiger partial charge in [0.1, 0.15) is 11.5 Å². The van der Waals surface area contributed by atoms with Crippen LogP contribution < -0.4 is 22.7 Å². The highest BCUT2D eigenvalue weighted by atomic mass is 16.2. The van der Waals surface area contributed by atoms with Crippen LogP contribution in [0.25, 0.3) is 0 Å². The number of nitrogen functional groups attached to an aromatic ring is 2. The lowest BCUT2D eigenvalue weighted by Gasteiger charge is -2.12. The lowest BCUT2D eigenvalue weighted by Crippen LogP contribution is -2.40. The molecule has 4 N–H and O–H groups in total. The number of hydrogen-bond donors (Lipinski definition) is 2. The first-order valence-electron chi connectivity index (χ1n) is 8.85. The Morgan fingerprint density at radius 3 is 1.83 bits per heavy atom. The first-order valence-corrected chi connectivity index (χ1v) is 8.85. The molecule has 0 aliphatic carbocycles. The van der Waals surface area contributed by atoms with Gasteiger partial charge in [0, 0.05) is 13.6 Å². The third-order valence-corrected chi connectivity index (χ3v) is 4.35. The Morgan fingerprint density at radius 2 is 1.30 bits per heavy atom. The smallest absolute Gasteiger partial charge is 0.332 e. The molecule has 0 saturated heterocycles. The lowest BCUT2D eigenvalue weighted by atomic mass is 10.1. The maximum absolute atomic E-state index is 12.0. The van der Waals surface area contributed by atoms with Gasteiger partial charge in [0.25, 0.3) is 5.56 Å². The van der Waals surface area contributed by atoms with E-state index in [0.717, 1.165) is 17.4 Å². The molecule has 0 fully saturated rings. The Balaban J connectivity index is 2.30. The molecule has 6 heteroatoms. The molecule has 1 aromatic heterocycles. The predicted octanol–water partition coefficient (Wildman–Crippen LogP) is 2.63. The summed E-state index contributed by atoms with van der Waals surface area (Å²) in [7, 11) is 1.43. The summed E-state index contributed by atoms with van der Waals surface area (Å²) in [5.74, 6) is 0.0917. The van der Waals surface area contributed by atoms with Gasteiger partial charge in [-0.2, -0.15) is 0 Å². The Labute approximate surface area is 138 Å². The normalized spacial score (nSPS) is 11.0. The zero-order chi connectivity index (χ0) is 17.2. The first-order chi connectivity index (χ1) is 11.0. The van der Waals surface area contributed by atoms with E-state index in [9.17, 15) is 9.59 Å². The summed E-state index contributed by atoms with van der Waals surface area (Å²) in [6, 6.07) is 0. The van der Waals surface area contributed by atoms with Gasteiger partial charge in [-0.25, -0.2) is 4.79 Å². The molecule has 1 aromatic rings. The minimum Gasteiger partial charge on any atom is -0.391 e. The number of unbranched alkanes of at least 4 members (excludes halogenated alkanes) is 9. The fourth-order valence-corrected chi connectivity index (χ4v) is 2.78. The van der Waals surface area contributed by atoms with Crippen LogP contribution in [0.2, 0.25) is 0 Å². The summed E-state index contributed by atoms with van der Waals surface area (Å²) in [5, 5.41) is 0. The summed E-state index contributed by atoms with van der Waals surface area (Å²) >= 11 is 0. The van der Waals surface area contributed by atoms with Crippen molar-refractivity contribution < 1.29 is 0 Å². The molecule has 1 heterocycles. The van der Waals surface area contributed by atoms with Gasteiger partial charge < -0.3 is 11.5 Å². The maximum atomic E-state index is 12.0. The monoisotopic (exact) mass is 324 g/mol. The Kier molecular flexibility index (Phi) is 8.51. The number of nitrogens with two attached hydrogens (primary N) is 2. The van der Waals surface area contributed by atoms with Crippen LogP contribution in [-0.4, -0.2) is 9.13 Å². The van der Waals surface area contributed by atoms with E-state index in [0.29, 0.717) is 6.54 Å². The van der Waals surface area contributed by atoms with Crippen molar-refractivity contribution in [3.63, 3.8) is 0 Å². The summed E-state index contributed by atoms with van der Waals surface area (Å²) in [4.78, 5) is 23.7. The van der Waals surface area contributed by atoms with E-state index in [-0.39, 0.29) is 11.5 Å². The van der Waals surface area contributed by atoms with Gasteiger partial charge in [0.15, 0.2) is 0 Å².